The van der Waals surface area contributed by atoms with Gasteiger partial charge in [0.2, 0.25) is 5.91 Å². The number of rotatable bonds is 9. The average Bonchev–Trinajstić information content (AvgIpc) is 3.12. The van der Waals surface area contributed by atoms with Gasteiger partial charge in [-0.1, -0.05) is 44.2 Å². The molecule has 3 aromatic rings. The number of hydrogen-bond donors (Lipinski definition) is 2. The monoisotopic (exact) mass is 426 g/mol. The predicted molar refractivity (Wildman–Crippen MR) is 117 cm³/mol. The summed E-state index contributed by atoms with van der Waals surface area (Å²) in [5.41, 5.74) is 6.23. The Hall–Kier alpha value is -3.06. The van der Waals surface area contributed by atoms with Crippen LogP contribution in [0.2, 0.25) is 0 Å². The quantitative estimate of drug-likeness (QED) is 0.510. The molecule has 0 bridgehead atoms. The van der Waals surface area contributed by atoms with Crippen molar-refractivity contribution in [3.8, 4) is 11.3 Å². The maximum absolute atomic E-state index is 14.4. The van der Waals surface area contributed by atoms with E-state index in [2.05, 4.69) is 10.3 Å². The zero-order valence-corrected chi connectivity index (χ0v) is 17.9. The molecule has 0 aliphatic rings. The zero-order chi connectivity index (χ0) is 22.4. The van der Waals surface area contributed by atoms with E-state index in [9.17, 15) is 13.6 Å². The van der Waals surface area contributed by atoms with Crippen molar-refractivity contribution in [2.75, 3.05) is 13.1 Å². The fraction of sp³-hybridized carbons (Fsp3) is 0.333. The van der Waals surface area contributed by atoms with Crippen molar-refractivity contribution >= 4 is 5.91 Å². The van der Waals surface area contributed by atoms with Crippen LogP contribution < -0.4 is 11.1 Å². The Labute approximate surface area is 181 Å². The summed E-state index contributed by atoms with van der Waals surface area (Å²) in [5.74, 6) is -0.554. The van der Waals surface area contributed by atoms with Crippen LogP contribution >= 0.6 is 0 Å². The molecule has 7 heteroatoms. The number of nitrogens with two attached hydrogens (primary N) is 1. The molecular weight excluding hydrogens is 398 g/mol. The highest BCUT2D eigenvalue weighted by molar-refractivity contribution is 5.82. The molecule has 31 heavy (non-hydrogen) atoms. The summed E-state index contributed by atoms with van der Waals surface area (Å²) in [5, 5.41) is 2.90. The van der Waals surface area contributed by atoms with Crippen molar-refractivity contribution in [3.63, 3.8) is 0 Å². The van der Waals surface area contributed by atoms with Crippen LogP contribution in [0.5, 0.6) is 0 Å². The lowest BCUT2D eigenvalue weighted by Crippen LogP contribution is -2.39. The van der Waals surface area contributed by atoms with E-state index in [1.165, 1.54) is 0 Å². The Kier molecular flexibility index (Phi) is 7.17. The number of carbonyl (C=O) groups is 1. The topological polar surface area (TPSA) is 72.9 Å². The molecule has 164 valence electrons. The minimum atomic E-state index is -0.744. The first-order valence-electron chi connectivity index (χ1n) is 10.3. The molecule has 3 N–H and O–H groups in total. The molecule has 0 saturated heterocycles. The maximum Gasteiger partial charge on any atom is 0.226 e. The van der Waals surface area contributed by atoms with E-state index in [1.807, 2.05) is 48.7 Å². The molecule has 1 aromatic heterocycles. The third kappa shape index (κ3) is 5.76. The lowest BCUT2D eigenvalue weighted by molar-refractivity contribution is -0.129. The first-order valence-corrected chi connectivity index (χ1v) is 10.3. The summed E-state index contributed by atoms with van der Waals surface area (Å²) in [6.45, 7) is 5.20. The Bertz CT molecular complexity index is 1030. The molecule has 1 heterocycles. The van der Waals surface area contributed by atoms with Crippen LogP contribution in [0.25, 0.3) is 11.3 Å². The molecule has 0 radical (unpaired) electrons. The molecule has 3 rings (SSSR count). The summed E-state index contributed by atoms with van der Waals surface area (Å²) in [6.07, 6.45) is 2.75. The second kappa shape index (κ2) is 9.83. The second-order valence-electron chi connectivity index (χ2n) is 8.24. The summed E-state index contributed by atoms with van der Waals surface area (Å²) in [4.78, 5) is 17.3. The van der Waals surface area contributed by atoms with Gasteiger partial charge in [0.1, 0.15) is 17.5 Å². The Morgan fingerprint density at radius 1 is 1.16 bits per heavy atom. The highest BCUT2D eigenvalue weighted by Gasteiger charge is 2.30. The van der Waals surface area contributed by atoms with E-state index in [0.717, 1.165) is 23.8 Å². The molecule has 0 spiro atoms. The van der Waals surface area contributed by atoms with Crippen molar-refractivity contribution < 1.29 is 13.6 Å². The third-order valence-electron chi connectivity index (χ3n) is 5.14. The van der Waals surface area contributed by atoms with Crippen LogP contribution in [0.4, 0.5) is 8.78 Å². The number of imidazole rings is 1. The van der Waals surface area contributed by atoms with E-state index in [1.54, 1.807) is 6.20 Å². The second-order valence-corrected chi connectivity index (χ2v) is 8.24. The highest BCUT2D eigenvalue weighted by atomic mass is 19.1. The van der Waals surface area contributed by atoms with Gasteiger partial charge in [-0.15, -0.1) is 0 Å². The lowest BCUT2D eigenvalue weighted by Gasteiger charge is -2.23. The number of nitrogens with one attached hydrogen (secondary N) is 1. The number of hydrogen-bond acceptors (Lipinski definition) is 3. The highest BCUT2D eigenvalue weighted by Crippen LogP contribution is 2.27. The lowest BCUT2D eigenvalue weighted by atomic mass is 9.87. The zero-order valence-electron chi connectivity index (χ0n) is 17.9. The van der Waals surface area contributed by atoms with Gasteiger partial charge in [0, 0.05) is 31.3 Å². The number of halogens is 2. The summed E-state index contributed by atoms with van der Waals surface area (Å²) in [7, 11) is 0. The molecule has 0 aliphatic heterocycles. The largest absolute Gasteiger partial charge is 0.356 e. The van der Waals surface area contributed by atoms with E-state index in [4.69, 9.17) is 5.73 Å². The van der Waals surface area contributed by atoms with Crippen molar-refractivity contribution in [3.05, 3.63) is 77.8 Å². The van der Waals surface area contributed by atoms with Gasteiger partial charge in [-0.2, -0.15) is 0 Å². The Balaban J connectivity index is 1.94. The van der Waals surface area contributed by atoms with Crippen LogP contribution in [0, 0.1) is 17.0 Å². The summed E-state index contributed by atoms with van der Waals surface area (Å²) >= 11 is 0. The van der Waals surface area contributed by atoms with Crippen LogP contribution in [-0.2, 0) is 17.8 Å². The first-order chi connectivity index (χ1) is 14.8. The molecular formula is C24H28F2N4O. The van der Waals surface area contributed by atoms with Crippen molar-refractivity contribution in [2.45, 2.75) is 33.2 Å². The van der Waals surface area contributed by atoms with E-state index in [0.29, 0.717) is 44.0 Å². The number of benzene rings is 2. The smallest absolute Gasteiger partial charge is 0.226 e. The van der Waals surface area contributed by atoms with Crippen LogP contribution in [0.3, 0.4) is 0 Å². The van der Waals surface area contributed by atoms with E-state index < -0.39 is 17.0 Å². The normalized spacial score (nSPS) is 11.5. The number of nitrogens with zero attached hydrogens (tertiary/aromatic N) is 2. The summed E-state index contributed by atoms with van der Waals surface area (Å²) < 4.78 is 30.0. The SMILES string of the molecule is CC(C)(Cc1nc(-c2cc(F)ccc2F)cn1Cc1ccccc1)C(=O)NCCCN. The molecule has 0 saturated carbocycles. The minimum Gasteiger partial charge on any atom is -0.356 e. The number of carbonyl (C=O) groups excluding carboxylic acids is 1. The minimum absolute atomic E-state index is 0.0956. The number of aromatic nitrogens is 2. The van der Waals surface area contributed by atoms with Crippen LogP contribution in [0.1, 0.15) is 31.7 Å². The van der Waals surface area contributed by atoms with Gasteiger partial charge in [0.15, 0.2) is 0 Å². The van der Waals surface area contributed by atoms with Crippen LogP contribution in [0.15, 0.2) is 54.7 Å². The van der Waals surface area contributed by atoms with Gasteiger partial charge in [0.05, 0.1) is 11.1 Å². The number of amides is 1. The van der Waals surface area contributed by atoms with Crippen molar-refractivity contribution in [2.24, 2.45) is 11.1 Å². The predicted octanol–water partition coefficient (Wildman–Crippen LogP) is 3.91. The van der Waals surface area contributed by atoms with E-state index in [-0.39, 0.29) is 11.5 Å². The van der Waals surface area contributed by atoms with Gasteiger partial charge in [-0.05, 0) is 36.7 Å². The van der Waals surface area contributed by atoms with Gasteiger partial charge in [-0.25, -0.2) is 13.8 Å². The molecule has 0 fully saturated rings. The van der Waals surface area contributed by atoms with Gasteiger partial charge in [0.25, 0.3) is 0 Å². The third-order valence-corrected chi connectivity index (χ3v) is 5.14. The maximum atomic E-state index is 14.4. The van der Waals surface area contributed by atoms with Crippen LogP contribution in [-0.4, -0.2) is 28.5 Å². The van der Waals surface area contributed by atoms with E-state index >= 15 is 0 Å². The Morgan fingerprint density at radius 2 is 1.90 bits per heavy atom. The molecule has 2 aromatic carbocycles. The molecule has 5 nitrogen and oxygen atoms in total. The average molecular weight is 427 g/mol. The fourth-order valence-corrected chi connectivity index (χ4v) is 3.35. The standard InChI is InChI=1S/C24H28F2N4O/c1-24(2,23(31)28-12-6-11-27)14-22-29-21(19-13-18(25)9-10-20(19)26)16-30(22)15-17-7-4-3-5-8-17/h3-5,7-10,13,16H,6,11-12,14-15,27H2,1-2H3,(H,28,31). The van der Waals surface area contributed by atoms with Crippen molar-refractivity contribution in [1.29, 1.82) is 0 Å². The molecule has 1 amide bonds. The van der Waals surface area contributed by atoms with Gasteiger partial charge >= 0.3 is 0 Å². The molecule has 0 unspecified atom stereocenters. The summed E-state index contributed by atoms with van der Waals surface area (Å²) in [6, 6.07) is 13.1. The fourth-order valence-electron chi connectivity index (χ4n) is 3.35. The Morgan fingerprint density at radius 3 is 2.61 bits per heavy atom. The first kappa shape index (κ1) is 22.6. The van der Waals surface area contributed by atoms with Gasteiger partial charge in [-0.3, -0.25) is 4.79 Å². The molecule has 0 aliphatic carbocycles. The van der Waals surface area contributed by atoms with Gasteiger partial charge < -0.3 is 15.6 Å². The van der Waals surface area contributed by atoms with Crippen molar-refractivity contribution in [1.82, 2.24) is 14.9 Å². The molecule has 0 atom stereocenters.